The van der Waals surface area contributed by atoms with E-state index in [2.05, 4.69) is 22.1 Å². The smallest absolute Gasteiger partial charge is 0.300 e. The van der Waals surface area contributed by atoms with E-state index >= 15 is 0 Å². The summed E-state index contributed by atoms with van der Waals surface area (Å²) in [5.74, 6) is -1.25. The fourth-order valence-corrected chi connectivity index (χ4v) is 10.5. The Kier molecular flexibility index (Phi) is 11.0. The number of hydrogen-bond donors (Lipinski definition) is 3. The minimum Gasteiger partial charge on any atom is -0.593 e. The Morgan fingerprint density at radius 1 is 1.07 bits per heavy atom. The van der Waals surface area contributed by atoms with Crippen LogP contribution in [0.4, 0.5) is 0 Å². The summed E-state index contributed by atoms with van der Waals surface area (Å²) in [6, 6.07) is 3.43. The first-order valence-electron chi connectivity index (χ1n) is 20.3. The van der Waals surface area contributed by atoms with Gasteiger partial charge in [-0.05, 0) is 81.9 Å². The van der Waals surface area contributed by atoms with E-state index in [1.54, 1.807) is 33.7 Å². The van der Waals surface area contributed by atoms with Crippen LogP contribution < -0.4 is 25.8 Å². The van der Waals surface area contributed by atoms with E-state index in [1.807, 2.05) is 6.92 Å². The Hall–Kier alpha value is -3.17. The Morgan fingerprint density at radius 2 is 1.82 bits per heavy atom. The van der Waals surface area contributed by atoms with Gasteiger partial charge in [0.2, 0.25) is 11.8 Å². The van der Waals surface area contributed by atoms with Crippen molar-refractivity contribution in [2.45, 2.75) is 144 Å². The molecule has 4 aliphatic carbocycles. The third-order valence-electron chi connectivity index (χ3n) is 13.2. The van der Waals surface area contributed by atoms with Crippen LogP contribution in [0.1, 0.15) is 103 Å². The average Bonchev–Trinajstić information content (AvgIpc) is 3.77. The fourth-order valence-electron chi connectivity index (χ4n) is 9.30. The number of hydrogen-bond acceptors (Lipinski definition) is 9. The molecule has 13 nitrogen and oxygen atoms in total. The van der Waals surface area contributed by atoms with Gasteiger partial charge in [-0.2, -0.15) is 15.2 Å². The monoisotopic (exact) mass is 796 g/mol. The van der Waals surface area contributed by atoms with Crippen molar-refractivity contribution in [3.63, 3.8) is 0 Å². The summed E-state index contributed by atoms with van der Waals surface area (Å²) in [4.78, 5) is 69.8. The number of carbonyl (C=O) groups excluding carboxylic acids is 3. The number of nitrogens with zero attached hydrogens (tertiary/aromatic N) is 3. The van der Waals surface area contributed by atoms with E-state index in [-0.39, 0.29) is 48.4 Å². The number of fused-ring (bicyclic) bond motifs is 5. The van der Waals surface area contributed by atoms with E-state index in [9.17, 15) is 23.7 Å². The Balaban J connectivity index is 1.13. The number of ether oxygens (including phenoxy) is 1. The van der Waals surface area contributed by atoms with Crippen LogP contribution in [0, 0.1) is 17.8 Å². The zero-order valence-electron chi connectivity index (χ0n) is 31.6. The van der Waals surface area contributed by atoms with Gasteiger partial charge in [-0.3, -0.25) is 28.6 Å². The van der Waals surface area contributed by atoms with Crippen LogP contribution in [0.25, 0.3) is 10.9 Å². The highest BCUT2D eigenvalue weighted by molar-refractivity contribution is 7.91. The number of rotatable bonds is 7. The molecule has 8 atom stereocenters. The lowest BCUT2D eigenvalue weighted by Crippen LogP contribution is -2.59. The molecule has 1 aromatic carbocycles. The normalized spacial score (nSPS) is 32.9. The molecule has 5 fully saturated rings. The molecule has 2 bridgehead atoms. The molecule has 298 valence electrons. The molecular weight excluding hydrogens is 744 g/mol. The maximum Gasteiger partial charge on any atom is 0.300 e. The molecule has 55 heavy (non-hydrogen) atoms. The summed E-state index contributed by atoms with van der Waals surface area (Å²) in [6.07, 6.45) is 13.2. The van der Waals surface area contributed by atoms with E-state index < -0.39 is 51.6 Å². The number of amides is 3. The fraction of sp³-hybridized carbons (Fsp3) is 0.675. The summed E-state index contributed by atoms with van der Waals surface area (Å²) in [5, 5.41) is 3.86. The Labute approximate surface area is 329 Å². The first-order chi connectivity index (χ1) is 26.5. The molecule has 8 rings (SSSR count). The first kappa shape index (κ1) is 38.7. The summed E-state index contributed by atoms with van der Waals surface area (Å²) < 4.78 is 23.4. The van der Waals surface area contributed by atoms with Crippen molar-refractivity contribution in [2.75, 3.05) is 6.54 Å². The second-order valence-electron chi connectivity index (χ2n) is 17.0. The molecule has 15 heteroatoms. The van der Waals surface area contributed by atoms with Crippen LogP contribution in [0.5, 0.6) is 6.01 Å². The second-order valence-corrected chi connectivity index (χ2v) is 19.2. The number of halogens is 1. The van der Waals surface area contributed by atoms with Crippen molar-refractivity contribution in [2.24, 2.45) is 17.8 Å². The third-order valence-corrected chi connectivity index (χ3v) is 15.1. The number of aromatic nitrogens is 2. The number of nitrogens with one attached hydrogen (secondary N) is 3. The topological polar surface area (TPSA) is 167 Å². The molecule has 3 N–H and O–H groups in total. The molecule has 1 aromatic heterocycles. The van der Waals surface area contributed by atoms with Crippen LogP contribution in [-0.2, 0) is 37.1 Å². The summed E-state index contributed by atoms with van der Waals surface area (Å²) >= 11 is 4.72. The lowest BCUT2D eigenvalue weighted by molar-refractivity contribution is -0.149. The largest absolute Gasteiger partial charge is 0.593 e. The molecule has 3 amide bonds. The zero-order chi connectivity index (χ0) is 38.5. The first-order valence-corrected chi connectivity index (χ1v) is 21.8. The van der Waals surface area contributed by atoms with Gasteiger partial charge in [0.15, 0.2) is 0 Å². The van der Waals surface area contributed by atoms with Crippen molar-refractivity contribution < 1.29 is 28.5 Å². The van der Waals surface area contributed by atoms with Crippen molar-refractivity contribution in [1.29, 1.82) is 0 Å². The van der Waals surface area contributed by atoms with Crippen LogP contribution in [-0.4, -0.2) is 77.8 Å². The molecule has 6 aliphatic rings. The maximum absolute atomic E-state index is 14.9. The highest BCUT2D eigenvalue weighted by Gasteiger charge is 2.63. The molecule has 0 radical (unpaired) electrons. The maximum atomic E-state index is 14.9. The minimum atomic E-state index is -1.60. The van der Waals surface area contributed by atoms with Gasteiger partial charge >= 0.3 is 0 Å². The Bertz CT molecular complexity index is 1890. The highest BCUT2D eigenvalue weighted by Crippen LogP contribution is 2.47. The van der Waals surface area contributed by atoms with Crippen molar-refractivity contribution in [3.05, 3.63) is 46.2 Å². The highest BCUT2D eigenvalue weighted by atomic mass is 35.5. The van der Waals surface area contributed by atoms with Crippen LogP contribution in [0.2, 0.25) is 5.02 Å². The van der Waals surface area contributed by atoms with Gasteiger partial charge in [-0.1, -0.05) is 49.8 Å². The number of hydroxylamine groups is 1. The van der Waals surface area contributed by atoms with Gasteiger partial charge in [0.05, 0.1) is 34.9 Å². The Morgan fingerprint density at radius 3 is 2.56 bits per heavy atom. The third kappa shape index (κ3) is 7.78. The van der Waals surface area contributed by atoms with Crippen molar-refractivity contribution >= 4 is 51.6 Å². The van der Waals surface area contributed by atoms with E-state index in [0.717, 1.165) is 83.5 Å². The molecule has 1 saturated heterocycles. The summed E-state index contributed by atoms with van der Waals surface area (Å²) in [5.41, 5.74) is 2.10. The molecule has 4 saturated carbocycles. The average molecular weight is 797 g/mol. The molecule has 0 spiro atoms. The number of carbonyl (C=O) groups is 3. The lowest BCUT2D eigenvalue weighted by atomic mass is 9.96. The quantitative estimate of drug-likeness (QED) is 0.268. The van der Waals surface area contributed by atoms with Crippen LogP contribution >= 0.6 is 11.6 Å². The lowest BCUT2D eigenvalue weighted by Gasteiger charge is -2.33. The van der Waals surface area contributed by atoms with Crippen molar-refractivity contribution in [3.8, 4) is 6.01 Å². The zero-order valence-corrected chi connectivity index (χ0v) is 33.1. The molecule has 2 aromatic rings. The van der Waals surface area contributed by atoms with Gasteiger partial charge < -0.3 is 19.5 Å². The minimum absolute atomic E-state index is 0.0144. The molecule has 3 heterocycles. The molecule has 1 unspecified atom stereocenters. The van der Waals surface area contributed by atoms with Gasteiger partial charge in [0.25, 0.3) is 17.5 Å². The van der Waals surface area contributed by atoms with Gasteiger partial charge in [0, 0.05) is 36.7 Å². The van der Waals surface area contributed by atoms with Gasteiger partial charge in [-0.15, -0.1) is 6.58 Å². The van der Waals surface area contributed by atoms with E-state index in [1.165, 1.54) is 0 Å². The van der Waals surface area contributed by atoms with Gasteiger partial charge in [0.1, 0.15) is 28.5 Å². The SMILES string of the molecule is C=C[C@@H]1C[C@]1(NC(=O)[C@@H]1C[C@@H]2CN1C(=O)[C@H](C1CCCC1)NO[C@@H]1CCC[C@H]1CCCCCn1c(nc3cc(Cl)ccc3c1=O)O2)C(=O)N[S+]([O-])C1(C)CC1. The van der Waals surface area contributed by atoms with Crippen LogP contribution in [0.3, 0.4) is 0 Å². The van der Waals surface area contributed by atoms with E-state index in [0.29, 0.717) is 34.8 Å². The summed E-state index contributed by atoms with van der Waals surface area (Å²) in [6.45, 7) is 6.21. The second kappa shape index (κ2) is 15.6. The van der Waals surface area contributed by atoms with Crippen molar-refractivity contribution in [1.82, 2.24) is 30.0 Å². The van der Waals surface area contributed by atoms with Crippen LogP contribution in [0.15, 0.2) is 35.6 Å². The number of benzene rings is 1. The predicted molar refractivity (Wildman–Crippen MR) is 208 cm³/mol. The standard InChI is InChI=1S/C40H53ClN6O7S/c1-3-26-22-40(26,37(51)45-55(52)39(2)17-18-39)43-34(48)31-21-28-23-47(31)36(50)33(25-11-6-7-12-25)44-54-32-14-9-13-24(32)10-5-4-8-19-46-35(49)29-16-15-27(41)20-30(29)42-38(46)53-28/h3,15-16,20,24-26,28,31-33,44H,1,4-14,17-19,21-23H2,2H3,(H,43,48)(H,45,51)/t24-,26-,28-,31+,32-,33+,40-,55?/m1/s1. The van der Waals surface area contributed by atoms with E-state index in [4.69, 9.17) is 26.2 Å². The van der Waals surface area contributed by atoms with Gasteiger partial charge in [-0.25, -0.2) is 0 Å². The summed E-state index contributed by atoms with van der Waals surface area (Å²) in [7, 11) is 0. The predicted octanol–water partition coefficient (Wildman–Crippen LogP) is 4.61. The molecular formula is C40H53ClN6O7S. The molecule has 2 aliphatic heterocycles.